The maximum Gasteiger partial charge on any atom is 0.339 e. The Labute approximate surface area is 155 Å². The maximum absolute atomic E-state index is 12.2. The van der Waals surface area contributed by atoms with Gasteiger partial charge in [-0.1, -0.05) is 17.7 Å². The molecular weight excluding hydrogens is 356 g/mol. The average Bonchev–Trinajstić information content (AvgIpc) is 2.62. The highest BCUT2D eigenvalue weighted by Crippen LogP contribution is 2.22. The topological polar surface area (TPSA) is 99.4 Å². The number of halogens is 1. The summed E-state index contributed by atoms with van der Waals surface area (Å²) in [6, 6.07) is 12.7. The largest absolute Gasteiger partial charge is 0.493 e. The summed E-state index contributed by atoms with van der Waals surface area (Å²) < 4.78 is 5.26. The lowest BCUT2D eigenvalue weighted by Crippen LogP contribution is -2.13. The van der Waals surface area contributed by atoms with E-state index in [9.17, 15) is 20.0 Å². The van der Waals surface area contributed by atoms with E-state index in [1.54, 1.807) is 37.3 Å². The van der Waals surface area contributed by atoms with Crippen molar-refractivity contribution in [2.75, 3.05) is 11.9 Å². The fourth-order valence-electron chi connectivity index (χ4n) is 2.13. The lowest BCUT2D eigenvalue weighted by molar-refractivity contribution is -0.112. The number of rotatable bonds is 6. The molecule has 0 atom stereocenters. The minimum atomic E-state index is -1.16. The van der Waals surface area contributed by atoms with Crippen molar-refractivity contribution in [2.45, 2.75) is 6.92 Å². The number of benzene rings is 2. The van der Waals surface area contributed by atoms with Gasteiger partial charge in [-0.25, -0.2) is 4.79 Å². The summed E-state index contributed by atoms with van der Waals surface area (Å²) in [5.74, 6) is -1.55. The number of amides is 1. The number of hydrogen-bond acceptors (Lipinski definition) is 4. The first-order valence-corrected chi connectivity index (χ1v) is 8.01. The number of carbonyl (C=O) groups excluding carboxylic acids is 1. The molecule has 7 heteroatoms. The molecular formula is C19H15ClN2O4. The first-order chi connectivity index (χ1) is 12.4. The normalized spacial score (nSPS) is 10.7. The van der Waals surface area contributed by atoms with E-state index in [2.05, 4.69) is 5.32 Å². The highest BCUT2D eigenvalue weighted by Gasteiger charge is 2.14. The Morgan fingerprint density at radius 3 is 2.54 bits per heavy atom. The second-order valence-corrected chi connectivity index (χ2v) is 5.56. The quantitative estimate of drug-likeness (QED) is 0.591. The van der Waals surface area contributed by atoms with Crippen molar-refractivity contribution in [3.05, 3.63) is 64.2 Å². The molecule has 0 unspecified atom stereocenters. The minimum absolute atomic E-state index is 0.0454. The fraction of sp³-hybridized carbons (Fsp3) is 0.105. The van der Waals surface area contributed by atoms with Crippen LogP contribution < -0.4 is 10.1 Å². The van der Waals surface area contributed by atoms with Gasteiger partial charge in [-0.05, 0) is 55.0 Å². The highest BCUT2D eigenvalue weighted by atomic mass is 35.5. The van der Waals surface area contributed by atoms with Crippen LogP contribution in [0.2, 0.25) is 5.02 Å². The maximum atomic E-state index is 12.2. The number of aromatic carboxylic acids is 1. The van der Waals surface area contributed by atoms with Crippen LogP contribution in [0.1, 0.15) is 22.8 Å². The summed E-state index contributed by atoms with van der Waals surface area (Å²) in [4.78, 5) is 23.6. The Kier molecular flexibility index (Phi) is 6.36. The van der Waals surface area contributed by atoms with Gasteiger partial charge >= 0.3 is 5.97 Å². The van der Waals surface area contributed by atoms with Gasteiger partial charge in [0.05, 0.1) is 6.61 Å². The van der Waals surface area contributed by atoms with E-state index < -0.39 is 11.9 Å². The number of anilines is 1. The van der Waals surface area contributed by atoms with Crippen molar-refractivity contribution in [3.8, 4) is 11.8 Å². The van der Waals surface area contributed by atoms with Crippen LogP contribution in [0.15, 0.2) is 48.0 Å². The van der Waals surface area contributed by atoms with Crippen LogP contribution in [0, 0.1) is 11.3 Å². The van der Waals surface area contributed by atoms with Gasteiger partial charge in [-0.2, -0.15) is 5.26 Å². The lowest BCUT2D eigenvalue weighted by atomic mass is 10.1. The van der Waals surface area contributed by atoms with Crippen molar-refractivity contribution >= 4 is 35.2 Å². The molecule has 0 aliphatic rings. The van der Waals surface area contributed by atoms with E-state index in [1.807, 2.05) is 6.07 Å². The number of ether oxygens (including phenoxy) is 1. The summed E-state index contributed by atoms with van der Waals surface area (Å²) in [5, 5.41) is 21.6. The van der Waals surface area contributed by atoms with Crippen LogP contribution in [0.5, 0.6) is 5.75 Å². The molecule has 6 nitrogen and oxygen atoms in total. The van der Waals surface area contributed by atoms with E-state index in [-0.39, 0.29) is 16.9 Å². The Bertz CT molecular complexity index is 899. The molecule has 0 aliphatic carbocycles. The second-order valence-electron chi connectivity index (χ2n) is 5.12. The molecule has 1 amide bonds. The zero-order valence-corrected chi connectivity index (χ0v) is 14.6. The molecule has 0 saturated carbocycles. The summed E-state index contributed by atoms with van der Waals surface area (Å²) >= 11 is 5.79. The number of nitriles is 1. The molecule has 2 N–H and O–H groups in total. The molecule has 0 fully saturated rings. The molecule has 2 rings (SSSR count). The Balaban J connectivity index is 2.28. The highest BCUT2D eigenvalue weighted by molar-refractivity contribution is 6.30. The molecule has 0 aliphatic heterocycles. The third-order valence-electron chi connectivity index (χ3n) is 3.31. The molecule has 0 spiro atoms. The van der Waals surface area contributed by atoms with Gasteiger partial charge in [0.25, 0.3) is 5.91 Å². The van der Waals surface area contributed by atoms with Gasteiger partial charge in [-0.3, -0.25) is 4.79 Å². The van der Waals surface area contributed by atoms with Crippen molar-refractivity contribution in [3.63, 3.8) is 0 Å². The van der Waals surface area contributed by atoms with Gasteiger partial charge in [0.15, 0.2) is 0 Å². The number of carbonyl (C=O) groups is 2. The molecule has 2 aromatic rings. The number of carboxylic acids is 1. The summed E-state index contributed by atoms with van der Waals surface area (Å²) in [5.41, 5.74) is 0.670. The summed E-state index contributed by atoms with van der Waals surface area (Å²) in [7, 11) is 0. The Morgan fingerprint density at radius 1 is 1.27 bits per heavy atom. The molecule has 2 aromatic carbocycles. The van der Waals surface area contributed by atoms with E-state index in [4.69, 9.17) is 16.3 Å². The van der Waals surface area contributed by atoms with Crippen LogP contribution in [-0.2, 0) is 4.79 Å². The van der Waals surface area contributed by atoms with Crippen LogP contribution >= 0.6 is 11.6 Å². The lowest BCUT2D eigenvalue weighted by Gasteiger charge is -2.08. The predicted molar refractivity (Wildman–Crippen MR) is 98.2 cm³/mol. The number of carboxylic acid groups (broad SMARTS) is 1. The van der Waals surface area contributed by atoms with Gasteiger partial charge in [-0.15, -0.1) is 0 Å². The van der Waals surface area contributed by atoms with Crippen molar-refractivity contribution in [1.82, 2.24) is 0 Å². The van der Waals surface area contributed by atoms with Crippen LogP contribution in [0.4, 0.5) is 5.69 Å². The van der Waals surface area contributed by atoms with Crippen molar-refractivity contribution in [1.29, 1.82) is 5.26 Å². The number of nitrogens with one attached hydrogen (secondary N) is 1. The Morgan fingerprint density at radius 2 is 1.96 bits per heavy atom. The van der Waals surface area contributed by atoms with Gasteiger partial charge in [0, 0.05) is 10.7 Å². The van der Waals surface area contributed by atoms with Gasteiger partial charge < -0.3 is 15.2 Å². The zero-order valence-electron chi connectivity index (χ0n) is 13.8. The monoisotopic (exact) mass is 370 g/mol. The number of nitrogens with zero attached hydrogens (tertiary/aromatic N) is 1. The van der Waals surface area contributed by atoms with Gasteiger partial charge in [0.1, 0.15) is 23.0 Å². The molecule has 0 aromatic heterocycles. The smallest absolute Gasteiger partial charge is 0.339 e. The van der Waals surface area contributed by atoms with Crippen LogP contribution in [0.25, 0.3) is 6.08 Å². The minimum Gasteiger partial charge on any atom is -0.493 e. The third kappa shape index (κ3) is 4.85. The van der Waals surface area contributed by atoms with Crippen molar-refractivity contribution < 1.29 is 19.4 Å². The summed E-state index contributed by atoms with van der Waals surface area (Å²) in [6.45, 7) is 2.07. The third-order valence-corrected chi connectivity index (χ3v) is 3.56. The van der Waals surface area contributed by atoms with E-state index in [0.29, 0.717) is 22.9 Å². The zero-order chi connectivity index (χ0) is 19.1. The molecule has 26 heavy (non-hydrogen) atoms. The molecule has 132 valence electrons. The average molecular weight is 371 g/mol. The standard InChI is InChI=1S/C19H15ClN2O4/c1-2-26-17-8-3-12(10-16(17)19(24)25)9-13(11-21)18(23)22-15-6-4-14(20)5-7-15/h3-10H,2H2,1H3,(H,22,23)(H,24,25)/b13-9+. The predicted octanol–water partition coefficient (Wildman–Crippen LogP) is 3.98. The Hall–Kier alpha value is -3.30. The van der Waals surface area contributed by atoms with Gasteiger partial charge in [0.2, 0.25) is 0 Å². The van der Waals surface area contributed by atoms with Crippen LogP contribution in [0.3, 0.4) is 0 Å². The first-order valence-electron chi connectivity index (χ1n) is 7.63. The molecule has 0 bridgehead atoms. The first kappa shape index (κ1) is 19.0. The van der Waals surface area contributed by atoms with Crippen LogP contribution in [-0.4, -0.2) is 23.6 Å². The second kappa shape index (κ2) is 8.70. The molecule has 0 saturated heterocycles. The van der Waals surface area contributed by atoms with E-state index in [1.165, 1.54) is 18.2 Å². The van der Waals surface area contributed by atoms with E-state index >= 15 is 0 Å². The fourth-order valence-corrected chi connectivity index (χ4v) is 2.26. The van der Waals surface area contributed by atoms with Crippen molar-refractivity contribution in [2.24, 2.45) is 0 Å². The molecule has 0 heterocycles. The summed E-state index contributed by atoms with van der Waals surface area (Å²) in [6.07, 6.45) is 1.31. The number of hydrogen-bond donors (Lipinski definition) is 2. The van der Waals surface area contributed by atoms with E-state index in [0.717, 1.165) is 0 Å². The SMILES string of the molecule is CCOc1ccc(/C=C(\C#N)C(=O)Nc2ccc(Cl)cc2)cc1C(=O)O. The molecule has 0 radical (unpaired) electrons.